The van der Waals surface area contributed by atoms with Crippen molar-refractivity contribution in [1.29, 1.82) is 0 Å². The molecule has 0 aliphatic heterocycles. The summed E-state index contributed by atoms with van der Waals surface area (Å²) < 4.78 is 0. The van der Waals surface area contributed by atoms with Gasteiger partial charge in [0.2, 0.25) is 0 Å². The first kappa shape index (κ1) is 9.36. The molecule has 0 aliphatic rings. The number of benzene rings is 1. The first-order valence-electron chi connectivity index (χ1n) is 3.93. The van der Waals surface area contributed by atoms with E-state index in [9.17, 15) is 0 Å². The Balaban J connectivity index is 2.82. The van der Waals surface area contributed by atoms with Crippen molar-refractivity contribution in [2.45, 2.75) is 6.92 Å². The van der Waals surface area contributed by atoms with Crippen LogP contribution in [0.1, 0.15) is 12.5 Å². The van der Waals surface area contributed by atoms with E-state index in [0.717, 1.165) is 0 Å². The van der Waals surface area contributed by atoms with Gasteiger partial charge >= 0.3 is 0 Å². The highest BCUT2D eigenvalue weighted by Gasteiger charge is 1.97. The summed E-state index contributed by atoms with van der Waals surface area (Å²) in [5, 5.41) is 0. The van der Waals surface area contributed by atoms with Crippen molar-refractivity contribution in [3.05, 3.63) is 42.0 Å². The van der Waals surface area contributed by atoms with Gasteiger partial charge in [-0.2, -0.15) is 0 Å². The maximum atomic E-state index is 5.46. The molecule has 0 heterocycles. The fourth-order valence-electron chi connectivity index (χ4n) is 1.03. The van der Waals surface area contributed by atoms with Crippen molar-refractivity contribution in [3.63, 3.8) is 0 Å². The molecule has 1 rings (SSSR count). The van der Waals surface area contributed by atoms with Crippen molar-refractivity contribution in [1.82, 2.24) is 0 Å². The Morgan fingerprint density at radius 3 is 2.58 bits per heavy atom. The summed E-state index contributed by atoms with van der Waals surface area (Å²) in [6, 6.07) is 10.3. The minimum absolute atomic E-state index is 0.633. The Morgan fingerprint density at radius 1 is 1.42 bits per heavy atom. The largest absolute Gasteiger partial charge is 0.322 e. The zero-order valence-electron chi connectivity index (χ0n) is 7.16. The standard InChI is InChI=1S/C10H13NS/c1-2-10(12-8-11)9-6-4-3-5-7-9/h2-7H,8,11H2,1H3/b10-2-. The highest BCUT2D eigenvalue weighted by atomic mass is 32.2. The predicted molar refractivity (Wildman–Crippen MR) is 56.7 cm³/mol. The maximum absolute atomic E-state index is 5.46. The van der Waals surface area contributed by atoms with E-state index in [4.69, 9.17) is 5.73 Å². The van der Waals surface area contributed by atoms with Gasteiger partial charge in [0.05, 0.1) is 0 Å². The molecule has 1 aromatic rings. The van der Waals surface area contributed by atoms with Crippen LogP contribution < -0.4 is 5.73 Å². The Kier molecular flexibility index (Phi) is 3.91. The van der Waals surface area contributed by atoms with Gasteiger partial charge in [-0.1, -0.05) is 36.4 Å². The molecule has 2 heteroatoms. The molecule has 0 spiro atoms. The molecule has 0 radical (unpaired) electrons. The van der Waals surface area contributed by atoms with Crippen molar-refractivity contribution in [3.8, 4) is 0 Å². The monoisotopic (exact) mass is 179 g/mol. The van der Waals surface area contributed by atoms with Crippen molar-refractivity contribution >= 4 is 16.7 Å². The number of nitrogens with two attached hydrogens (primary N) is 1. The van der Waals surface area contributed by atoms with Crippen LogP contribution in [0.15, 0.2) is 36.4 Å². The molecular formula is C10H13NS. The Labute approximate surface area is 77.7 Å². The second-order valence-corrected chi connectivity index (χ2v) is 3.39. The molecule has 1 aromatic carbocycles. The zero-order chi connectivity index (χ0) is 8.81. The second-order valence-electron chi connectivity index (χ2n) is 2.33. The SMILES string of the molecule is C/C=C(\SCN)c1ccccc1. The molecule has 0 unspecified atom stereocenters. The van der Waals surface area contributed by atoms with Crippen LogP contribution in [0, 0.1) is 0 Å². The predicted octanol–water partition coefficient (Wildman–Crippen LogP) is 2.70. The first-order chi connectivity index (χ1) is 5.88. The quantitative estimate of drug-likeness (QED) is 0.722. The van der Waals surface area contributed by atoms with Gasteiger partial charge < -0.3 is 5.73 Å². The van der Waals surface area contributed by atoms with Crippen LogP contribution >= 0.6 is 11.8 Å². The Bertz CT molecular complexity index is 254. The Morgan fingerprint density at radius 2 is 2.08 bits per heavy atom. The van der Waals surface area contributed by atoms with Crippen LogP contribution in [0.3, 0.4) is 0 Å². The average molecular weight is 179 g/mol. The molecule has 0 fully saturated rings. The summed E-state index contributed by atoms with van der Waals surface area (Å²) in [4.78, 5) is 1.25. The Hall–Kier alpha value is -0.730. The van der Waals surface area contributed by atoms with E-state index in [-0.39, 0.29) is 0 Å². The van der Waals surface area contributed by atoms with Gasteiger partial charge in [-0.25, -0.2) is 0 Å². The van der Waals surface area contributed by atoms with Crippen molar-refractivity contribution in [2.75, 3.05) is 5.88 Å². The van der Waals surface area contributed by atoms with Gasteiger partial charge in [-0.15, -0.1) is 11.8 Å². The third-order valence-electron chi connectivity index (χ3n) is 1.56. The molecule has 64 valence electrons. The molecule has 12 heavy (non-hydrogen) atoms. The van der Waals surface area contributed by atoms with E-state index in [0.29, 0.717) is 5.88 Å². The van der Waals surface area contributed by atoms with Crippen LogP contribution in [-0.2, 0) is 0 Å². The molecule has 0 aliphatic carbocycles. The third kappa shape index (κ3) is 2.40. The van der Waals surface area contributed by atoms with Crippen molar-refractivity contribution in [2.24, 2.45) is 5.73 Å². The average Bonchev–Trinajstić information content (AvgIpc) is 2.15. The van der Waals surface area contributed by atoms with Crippen LogP contribution in [0.4, 0.5) is 0 Å². The summed E-state index contributed by atoms with van der Waals surface area (Å²) in [6.07, 6.45) is 2.09. The van der Waals surface area contributed by atoms with E-state index in [1.807, 2.05) is 25.1 Å². The van der Waals surface area contributed by atoms with E-state index >= 15 is 0 Å². The number of thioether (sulfide) groups is 1. The topological polar surface area (TPSA) is 26.0 Å². The maximum Gasteiger partial charge on any atom is 0.0440 e. The highest BCUT2D eigenvalue weighted by molar-refractivity contribution is 8.08. The highest BCUT2D eigenvalue weighted by Crippen LogP contribution is 2.25. The summed E-state index contributed by atoms with van der Waals surface area (Å²) in [6.45, 7) is 2.03. The van der Waals surface area contributed by atoms with Gasteiger partial charge in [0, 0.05) is 10.8 Å². The van der Waals surface area contributed by atoms with Gasteiger partial charge in [0.1, 0.15) is 0 Å². The molecule has 0 aromatic heterocycles. The zero-order valence-corrected chi connectivity index (χ0v) is 7.97. The molecule has 2 N–H and O–H groups in total. The van der Waals surface area contributed by atoms with Crippen LogP contribution in [0.25, 0.3) is 4.91 Å². The lowest BCUT2D eigenvalue weighted by Gasteiger charge is -2.03. The summed E-state index contributed by atoms with van der Waals surface area (Å²) >= 11 is 1.67. The number of hydrogen-bond donors (Lipinski definition) is 1. The smallest absolute Gasteiger partial charge is 0.0440 e. The molecule has 0 saturated heterocycles. The third-order valence-corrected chi connectivity index (χ3v) is 2.51. The molecule has 0 saturated carbocycles. The minimum atomic E-state index is 0.633. The van der Waals surface area contributed by atoms with E-state index in [1.165, 1.54) is 10.5 Å². The van der Waals surface area contributed by atoms with E-state index in [2.05, 4.69) is 18.2 Å². The van der Waals surface area contributed by atoms with E-state index < -0.39 is 0 Å². The van der Waals surface area contributed by atoms with Gasteiger partial charge in [0.15, 0.2) is 0 Å². The van der Waals surface area contributed by atoms with Crippen LogP contribution in [0.5, 0.6) is 0 Å². The molecule has 0 atom stereocenters. The second kappa shape index (κ2) is 5.01. The normalized spacial score (nSPS) is 11.7. The summed E-state index contributed by atoms with van der Waals surface area (Å²) in [5.74, 6) is 0.633. The lowest BCUT2D eigenvalue weighted by atomic mass is 10.2. The molecule has 1 nitrogen and oxygen atoms in total. The van der Waals surface area contributed by atoms with Crippen LogP contribution in [0.2, 0.25) is 0 Å². The van der Waals surface area contributed by atoms with Crippen LogP contribution in [-0.4, -0.2) is 5.88 Å². The van der Waals surface area contributed by atoms with Crippen molar-refractivity contribution < 1.29 is 0 Å². The van der Waals surface area contributed by atoms with Gasteiger partial charge in [-0.05, 0) is 12.5 Å². The molecular weight excluding hydrogens is 166 g/mol. The lowest BCUT2D eigenvalue weighted by Crippen LogP contribution is -1.92. The summed E-state index contributed by atoms with van der Waals surface area (Å²) in [7, 11) is 0. The van der Waals surface area contributed by atoms with E-state index in [1.54, 1.807) is 11.8 Å². The lowest BCUT2D eigenvalue weighted by molar-refractivity contribution is 1.41. The fraction of sp³-hybridized carbons (Fsp3) is 0.200. The number of hydrogen-bond acceptors (Lipinski definition) is 2. The number of rotatable bonds is 3. The fourth-order valence-corrected chi connectivity index (χ4v) is 1.67. The van der Waals surface area contributed by atoms with Gasteiger partial charge in [-0.3, -0.25) is 0 Å². The van der Waals surface area contributed by atoms with Gasteiger partial charge in [0.25, 0.3) is 0 Å². The minimum Gasteiger partial charge on any atom is -0.322 e. The molecule has 0 amide bonds. The first-order valence-corrected chi connectivity index (χ1v) is 4.91. The number of allylic oxidation sites excluding steroid dienone is 1. The summed E-state index contributed by atoms with van der Waals surface area (Å²) in [5.41, 5.74) is 6.71. The molecule has 0 bridgehead atoms.